The molecule has 1 aromatic rings. The van der Waals surface area contributed by atoms with Crippen LogP contribution in [0.1, 0.15) is 12.1 Å². The lowest BCUT2D eigenvalue weighted by atomic mass is 9.88. The van der Waals surface area contributed by atoms with Crippen molar-refractivity contribution in [2.75, 3.05) is 31.1 Å². The summed E-state index contributed by atoms with van der Waals surface area (Å²) in [5, 5.41) is 12.3. The van der Waals surface area contributed by atoms with Gasteiger partial charge in [-0.25, -0.2) is 4.98 Å². The van der Waals surface area contributed by atoms with Crippen LogP contribution in [0.25, 0.3) is 0 Å². The number of anilines is 1. The van der Waals surface area contributed by atoms with Crippen molar-refractivity contribution in [1.29, 1.82) is 5.26 Å². The van der Waals surface area contributed by atoms with Crippen LogP contribution in [0, 0.1) is 23.2 Å². The lowest BCUT2D eigenvalue weighted by Crippen LogP contribution is -2.40. The Bertz CT molecular complexity index is 451. The molecule has 2 aliphatic rings. The maximum atomic E-state index is 8.87. The highest BCUT2D eigenvalue weighted by Gasteiger charge is 2.32. The largest absolute Gasteiger partial charge is 0.371 e. The molecule has 88 valence electrons. The van der Waals surface area contributed by atoms with Crippen molar-refractivity contribution in [3.63, 3.8) is 0 Å². The van der Waals surface area contributed by atoms with Crippen molar-refractivity contribution in [2.45, 2.75) is 6.42 Å². The molecule has 0 spiro atoms. The van der Waals surface area contributed by atoms with Crippen molar-refractivity contribution in [3.8, 4) is 6.07 Å². The molecule has 0 bridgehead atoms. The van der Waals surface area contributed by atoms with E-state index in [4.69, 9.17) is 5.26 Å². The lowest BCUT2D eigenvalue weighted by Gasteiger charge is -2.36. The van der Waals surface area contributed by atoms with E-state index in [1.165, 1.54) is 13.0 Å². The van der Waals surface area contributed by atoms with Crippen molar-refractivity contribution in [1.82, 2.24) is 10.3 Å². The Morgan fingerprint density at radius 3 is 3.18 bits per heavy atom. The molecule has 0 radical (unpaired) electrons. The fourth-order valence-electron chi connectivity index (χ4n) is 2.95. The summed E-state index contributed by atoms with van der Waals surface area (Å²) in [6.07, 6.45) is 2.98. The third-order valence-electron chi connectivity index (χ3n) is 3.93. The Kier molecular flexibility index (Phi) is 2.69. The maximum Gasteiger partial charge on any atom is 0.142 e. The van der Waals surface area contributed by atoms with Gasteiger partial charge < -0.3 is 10.2 Å². The van der Waals surface area contributed by atoms with Gasteiger partial charge in [0.05, 0.1) is 0 Å². The number of hydrogen-bond acceptors (Lipinski definition) is 4. The smallest absolute Gasteiger partial charge is 0.142 e. The lowest BCUT2D eigenvalue weighted by molar-refractivity contribution is 0.349. The van der Waals surface area contributed by atoms with E-state index >= 15 is 0 Å². The Morgan fingerprint density at radius 1 is 1.41 bits per heavy atom. The molecule has 3 heterocycles. The third kappa shape index (κ3) is 1.98. The van der Waals surface area contributed by atoms with E-state index in [2.05, 4.69) is 21.3 Å². The van der Waals surface area contributed by atoms with Gasteiger partial charge in [0.1, 0.15) is 11.8 Å². The zero-order chi connectivity index (χ0) is 11.7. The van der Waals surface area contributed by atoms with Crippen LogP contribution in [0.4, 0.5) is 5.69 Å². The molecule has 0 amide bonds. The van der Waals surface area contributed by atoms with Gasteiger partial charge in [-0.3, -0.25) is 0 Å². The van der Waals surface area contributed by atoms with Crippen LogP contribution in [0.2, 0.25) is 0 Å². The Balaban J connectivity index is 1.78. The zero-order valence-corrected chi connectivity index (χ0v) is 9.76. The van der Waals surface area contributed by atoms with E-state index in [9.17, 15) is 0 Å². The number of rotatable bonds is 1. The number of hydrogen-bond donors (Lipinski definition) is 1. The number of nitrogens with one attached hydrogen (secondary N) is 1. The fraction of sp³-hybridized carbons (Fsp3) is 0.538. The molecule has 2 unspecified atom stereocenters. The molecule has 0 saturated carbocycles. The zero-order valence-electron chi connectivity index (χ0n) is 9.76. The van der Waals surface area contributed by atoms with Crippen LogP contribution in [0.3, 0.4) is 0 Å². The molecular weight excluding hydrogens is 212 g/mol. The number of fused-ring (bicyclic) bond motifs is 1. The van der Waals surface area contributed by atoms with Gasteiger partial charge in [-0.05, 0) is 43.5 Å². The van der Waals surface area contributed by atoms with Gasteiger partial charge in [-0.1, -0.05) is 0 Å². The maximum absolute atomic E-state index is 8.87. The SMILES string of the molecule is N#Cc1cc(N2CCC3CNCC3C2)ccn1. The molecule has 3 rings (SSSR count). The van der Waals surface area contributed by atoms with Gasteiger partial charge in [-0.15, -0.1) is 0 Å². The average molecular weight is 228 g/mol. The summed E-state index contributed by atoms with van der Waals surface area (Å²) in [5.41, 5.74) is 1.65. The third-order valence-corrected chi connectivity index (χ3v) is 3.93. The van der Waals surface area contributed by atoms with Crippen LogP contribution < -0.4 is 10.2 Å². The summed E-state index contributed by atoms with van der Waals surface area (Å²) in [4.78, 5) is 6.40. The van der Waals surface area contributed by atoms with Crippen molar-refractivity contribution >= 4 is 5.69 Å². The Hall–Kier alpha value is -1.60. The minimum atomic E-state index is 0.508. The van der Waals surface area contributed by atoms with Crippen LogP contribution in [0.15, 0.2) is 18.3 Å². The fourth-order valence-corrected chi connectivity index (χ4v) is 2.95. The van der Waals surface area contributed by atoms with Gasteiger partial charge in [0, 0.05) is 25.0 Å². The van der Waals surface area contributed by atoms with Gasteiger partial charge in [0.15, 0.2) is 0 Å². The Morgan fingerprint density at radius 2 is 2.29 bits per heavy atom. The summed E-state index contributed by atoms with van der Waals surface area (Å²) >= 11 is 0. The molecule has 2 aliphatic heterocycles. The number of nitrogens with zero attached hydrogens (tertiary/aromatic N) is 3. The van der Waals surface area contributed by atoms with Crippen molar-refractivity contribution in [2.24, 2.45) is 11.8 Å². The number of aromatic nitrogens is 1. The second kappa shape index (κ2) is 4.34. The molecule has 1 N–H and O–H groups in total. The van der Waals surface area contributed by atoms with Gasteiger partial charge in [0.2, 0.25) is 0 Å². The molecule has 4 heteroatoms. The molecule has 0 aromatic carbocycles. The summed E-state index contributed by atoms with van der Waals surface area (Å²) in [6, 6.07) is 6.00. The quantitative estimate of drug-likeness (QED) is 0.779. The summed E-state index contributed by atoms with van der Waals surface area (Å²) in [6.45, 7) is 4.51. The summed E-state index contributed by atoms with van der Waals surface area (Å²) in [7, 11) is 0. The van der Waals surface area contributed by atoms with Gasteiger partial charge >= 0.3 is 0 Å². The first-order valence-electron chi connectivity index (χ1n) is 6.18. The second-order valence-electron chi connectivity index (χ2n) is 4.92. The standard InChI is InChI=1S/C13H16N4/c14-6-12-5-13(1-3-16-12)17-4-2-10-7-15-8-11(10)9-17/h1,3,5,10-11,15H,2,4,7-9H2. The molecule has 17 heavy (non-hydrogen) atoms. The predicted molar refractivity (Wildman–Crippen MR) is 65.6 cm³/mol. The normalized spacial score (nSPS) is 27.6. The molecule has 2 fully saturated rings. The molecule has 1 aromatic heterocycles. The van der Waals surface area contributed by atoms with E-state index in [0.29, 0.717) is 5.69 Å². The number of piperidine rings is 1. The number of pyridine rings is 1. The van der Waals surface area contributed by atoms with Crippen LogP contribution >= 0.6 is 0 Å². The second-order valence-corrected chi connectivity index (χ2v) is 4.92. The van der Waals surface area contributed by atoms with Crippen LogP contribution in [0.5, 0.6) is 0 Å². The highest BCUT2D eigenvalue weighted by Crippen LogP contribution is 2.29. The van der Waals surface area contributed by atoms with Crippen LogP contribution in [-0.2, 0) is 0 Å². The first-order chi connectivity index (χ1) is 8.36. The minimum Gasteiger partial charge on any atom is -0.371 e. The highest BCUT2D eigenvalue weighted by molar-refractivity contribution is 5.49. The Labute approximate surface area is 101 Å². The molecule has 2 atom stereocenters. The predicted octanol–water partition coefficient (Wildman–Crippen LogP) is 0.999. The van der Waals surface area contributed by atoms with E-state index < -0.39 is 0 Å². The molecule has 2 saturated heterocycles. The van der Waals surface area contributed by atoms with Crippen molar-refractivity contribution in [3.05, 3.63) is 24.0 Å². The van der Waals surface area contributed by atoms with E-state index in [0.717, 1.165) is 37.2 Å². The van der Waals surface area contributed by atoms with Crippen molar-refractivity contribution < 1.29 is 0 Å². The molecule has 4 nitrogen and oxygen atoms in total. The van der Waals surface area contributed by atoms with E-state index in [-0.39, 0.29) is 0 Å². The summed E-state index contributed by atoms with van der Waals surface area (Å²) in [5.74, 6) is 1.62. The van der Waals surface area contributed by atoms with E-state index in [1.54, 1.807) is 6.20 Å². The molecule has 0 aliphatic carbocycles. The monoisotopic (exact) mass is 228 g/mol. The molecular formula is C13H16N4. The average Bonchev–Trinajstić information content (AvgIpc) is 2.86. The summed E-state index contributed by atoms with van der Waals surface area (Å²) < 4.78 is 0. The first-order valence-corrected chi connectivity index (χ1v) is 6.18. The highest BCUT2D eigenvalue weighted by atomic mass is 15.2. The number of nitriles is 1. The topological polar surface area (TPSA) is 52.0 Å². The van der Waals surface area contributed by atoms with Gasteiger partial charge in [-0.2, -0.15) is 5.26 Å². The van der Waals surface area contributed by atoms with Gasteiger partial charge in [0.25, 0.3) is 0 Å². The minimum absolute atomic E-state index is 0.508. The first kappa shape index (κ1) is 10.5. The van der Waals surface area contributed by atoms with Crippen LogP contribution in [-0.4, -0.2) is 31.2 Å². The van der Waals surface area contributed by atoms with E-state index in [1.807, 2.05) is 12.1 Å².